The van der Waals surface area contributed by atoms with Gasteiger partial charge in [0.05, 0.1) is 6.54 Å². The van der Waals surface area contributed by atoms with E-state index >= 15 is 0 Å². The van der Waals surface area contributed by atoms with Crippen LogP contribution in [0.1, 0.15) is 12.2 Å². The molecule has 0 atom stereocenters. The second-order valence-corrected chi connectivity index (χ2v) is 3.61. The summed E-state index contributed by atoms with van der Waals surface area (Å²) in [5, 5.41) is 9.89. The van der Waals surface area contributed by atoms with E-state index in [9.17, 15) is 0 Å². The second-order valence-electron chi connectivity index (χ2n) is 3.20. The number of nitrogens with zero attached hydrogens (tertiary/aromatic N) is 2. The van der Waals surface area contributed by atoms with Gasteiger partial charge in [0, 0.05) is 26.0 Å². The molecule has 0 saturated carbocycles. The monoisotopic (exact) mass is 239 g/mol. The number of thiocarbonyl (C=S) groups is 1. The molecule has 1 rings (SSSR count). The fourth-order valence-electron chi connectivity index (χ4n) is 1.13. The summed E-state index contributed by atoms with van der Waals surface area (Å²) in [4.78, 5) is 8.24. The molecule has 1 heterocycles. The molecule has 3 N–H and O–H groups in total. The number of hydrogen-bond acceptors (Lipinski definition) is 4. The van der Waals surface area contributed by atoms with Crippen molar-refractivity contribution in [3.05, 3.63) is 24.3 Å². The molecule has 16 heavy (non-hydrogen) atoms. The van der Waals surface area contributed by atoms with Crippen molar-refractivity contribution in [1.82, 2.24) is 25.9 Å². The van der Waals surface area contributed by atoms with Crippen LogP contribution in [0.15, 0.2) is 18.5 Å². The molecule has 0 aromatic carbocycles. The summed E-state index contributed by atoms with van der Waals surface area (Å²) in [6.07, 6.45) is 4.50. The van der Waals surface area contributed by atoms with Gasteiger partial charge < -0.3 is 16.0 Å². The fourth-order valence-corrected chi connectivity index (χ4v) is 1.23. The molecule has 5 nitrogen and oxygen atoms in total. The Bertz CT molecular complexity index is 303. The van der Waals surface area contributed by atoms with Crippen molar-refractivity contribution in [2.24, 2.45) is 0 Å². The van der Waals surface area contributed by atoms with Gasteiger partial charge in [-0.3, -0.25) is 0 Å². The SMILES string of the molecule is CNC(=S)NCCCNCc1ncccn1. The molecule has 0 bridgehead atoms. The highest BCUT2D eigenvalue weighted by Gasteiger charge is 1.94. The summed E-state index contributed by atoms with van der Waals surface area (Å²) in [7, 11) is 1.81. The lowest BCUT2D eigenvalue weighted by atomic mass is 10.4. The summed E-state index contributed by atoms with van der Waals surface area (Å²) < 4.78 is 0. The third-order valence-electron chi connectivity index (χ3n) is 1.95. The highest BCUT2D eigenvalue weighted by Crippen LogP contribution is 1.86. The van der Waals surface area contributed by atoms with E-state index in [2.05, 4.69) is 25.9 Å². The molecular weight excluding hydrogens is 222 g/mol. The standard InChI is InChI=1S/C10H17N5S/c1-11-10(16)15-7-2-4-12-8-9-13-5-3-6-14-9/h3,5-6,12H,2,4,7-8H2,1H3,(H2,11,15,16). The molecule has 1 aromatic heterocycles. The van der Waals surface area contributed by atoms with Crippen LogP contribution in [0.3, 0.4) is 0 Å². The summed E-state index contributed by atoms with van der Waals surface area (Å²) in [6.45, 7) is 2.48. The van der Waals surface area contributed by atoms with E-state index in [0.29, 0.717) is 11.7 Å². The van der Waals surface area contributed by atoms with E-state index < -0.39 is 0 Å². The van der Waals surface area contributed by atoms with Crippen molar-refractivity contribution in [3.8, 4) is 0 Å². The molecule has 0 aliphatic carbocycles. The highest BCUT2D eigenvalue weighted by atomic mass is 32.1. The van der Waals surface area contributed by atoms with Crippen molar-refractivity contribution < 1.29 is 0 Å². The third kappa shape index (κ3) is 5.57. The van der Waals surface area contributed by atoms with Crippen molar-refractivity contribution in [1.29, 1.82) is 0 Å². The first-order valence-corrected chi connectivity index (χ1v) is 5.66. The molecule has 0 saturated heterocycles. The maximum Gasteiger partial charge on any atom is 0.166 e. The minimum Gasteiger partial charge on any atom is -0.366 e. The zero-order valence-electron chi connectivity index (χ0n) is 9.36. The Kier molecular flexibility index (Phi) is 6.36. The van der Waals surface area contributed by atoms with Gasteiger partial charge in [-0.15, -0.1) is 0 Å². The number of aromatic nitrogens is 2. The van der Waals surface area contributed by atoms with Gasteiger partial charge in [0.2, 0.25) is 0 Å². The van der Waals surface area contributed by atoms with Gasteiger partial charge in [-0.1, -0.05) is 0 Å². The van der Waals surface area contributed by atoms with E-state index in [1.54, 1.807) is 19.4 Å². The smallest absolute Gasteiger partial charge is 0.166 e. The van der Waals surface area contributed by atoms with Gasteiger partial charge in [-0.05, 0) is 31.2 Å². The molecule has 0 spiro atoms. The Morgan fingerprint density at radius 3 is 2.75 bits per heavy atom. The van der Waals surface area contributed by atoms with Crippen molar-refractivity contribution in [2.45, 2.75) is 13.0 Å². The van der Waals surface area contributed by atoms with Crippen LogP contribution in [0.4, 0.5) is 0 Å². The number of rotatable bonds is 6. The first kappa shape index (κ1) is 12.8. The Morgan fingerprint density at radius 1 is 1.31 bits per heavy atom. The molecule has 0 unspecified atom stereocenters. The van der Waals surface area contributed by atoms with Crippen LogP contribution >= 0.6 is 12.2 Å². The van der Waals surface area contributed by atoms with E-state index in [4.69, 9.17) is 12.2 Å². The lowest BCUT2D eigenvalue weighted by Crippen LogP contribution is -2.34. The van der Waals surface area contributed by atoms with Crippen molar-refractivity contribution >= 4 is 17.3 Å². The highest BCUT2D eigenvalue weighted by molar-refractivity contribution is 7.80. The fraction of sp³-hybridized carbons (Fsp3) is 0.500. The Morgan fingerprint density at radius 2 is 2.06 bits per heavy atom. The maximum atomic E-state index is 4.95. The zero-order valence-corrected chi connectivity index (χ0v) is 10.2. The third-order valence-corrected chi connectivity index (χ3v) is 2.29. The van der Waals surface area contributed by atoms with Crippen LogP contribution in [0.5, 0.6) is 0 Å². The minimum atomic E-state index is 0.686. The predicted molar refractivity (Wildman–Crippen MR) is 68.0 cm³/mol. The van der Waals surface area contributed by atoms with Gasteiger partial charge in [-0.2, -0.15) is 0 Å². The van der Waals surface area contributed by atoms with Gasteiger partial charge in [0.25, 0.3) is 0 Å². The zero-order chi connectivity index (χ0) is 11.6. The van der Waals surface area contributed by atoms with E-state index in [0.717, 1.165) is 25.3 Å². The molecule has 0 amide bonds. The van der Waals surface area contributed by atoms with Crippen LogP contribution in [-0.4, -0.2) is 35.2 Å². The Balaban J connectivity index is 1.98. The summed E-state index contributed by atoms with van der Waals surface area (Å²) in [6, 6.07) is 1.81. The lowest BCUT2D eigenvalue weighted by molar-refractivity contribution is 0.621. The van der Waals surface area contributed by atoms with Crippen LogP contribution in [-0.2, 0) is 6.54 Å². The molecule has 0 aliphatic rings. The topological polar surface area (TPSA) is 61.9 Å². The quantitative estimate of drug-likeness (QED) is 0.482. The second kappa shape index (κ2) is 7.95. The van der Waals surface area contributed by atoms with Crippen LogP contribution in [0.2, 0.25) is 0 Å². The average molecular weight is 239 g/mol. The molecule has 0 fully saturated rings. The van der Waals surface area contributed by atoms with Crippen molar-refractivity contribution in [3.63, 3.8) is 0 Å². The van der Waals surface area contributed by atoms with Gasteiger partial charge in [0.15, 0.2) is 5.11 Å². The van der Waals surface area contributed by atoms with Gasteiger partial charge in [0.1, 0.15) is 5.82 Å². The average Bonchev–Trinajstić information content (AvgIpc) is 2.34. The predicted octanol–water partition coefficient (Wildman–Crippen LogP) is 0.0502. The lowest BCUT2D eigenvalue weighted by Gasteiger charge is -2.07. The number of hydrogen-bond donors (Lipinski definition) is 3. The first-order valence-electron chi connectivity index (χ1n) is 5.25. The molecule has 0 radical (unpaired) electrons. The summed E-state index contributed by atoms with van der Waals surface area (Å²) in [5.74, 6) is 0.821. The summed E-state index contributed by atoms with van der Waals surface area (Å²) >= 11 is 4.95. The van der Waals surface area contributed by atoms with E-state index in [1.807, 2.05) is 6.07 Å². The molecule has 88 valence electrons. The molecule has 6 heteroatoms. The Hall–Kier alpha value is -1.27. The van der Waals surface area contributed by atoms with Crippen LogP contribution in [0, 0.1) is 0 Å². The van der Waals surface area contributed by atoms with E-state index in [1.165, 1.54) is 0 Å². The Labute approximate surface area is 101 Å². The van der Waals surface area contributed by atoms with Crippen LogP contribution in [0.25, 0.3) is 0 Å². The minimum absolute atomic E-state index is 0.686. The molecule has 0 aliphatic heterocycles. The first-order chi connectivity index (χ1) is 7.83. The van der Waals surface area contributed by atoms with Crippen molar-refractivity contribution in [2.75, 3.05) is 20.1 Å². The van der Waals surface area contributed by atoms with Gasteiger partial charge in [-0.25, -0.2) is 9.97 Å². The summed E-state index contributed by atoms with van der Waals surface area (Å²) in [5.41, 5.74) is 0. The molecular formula is C10H17N5S. The largest absolute Gasteiger partial charge is 0.366 e. The van der Waals surface area contributed by atoms with Gasteiger partial charge >= 0.3 is 0 Å². The normalized spacial score (nSPS) is 9.81. The number of nitrogens with one attached hydrogen (secondary N) is 3. The van der Waals surface area contributed by atoms with E-state index in [-0.39, 0.29) is 0 Å². The van der Waals surface area contributed by atoms with Crippen LogP contribution < -0.4 is 16.0 Å². The maximum absolute atomic E-state index is 4.95. The molecule has 1 aromatic rings.